The first-order chi connectivity index (χ1) is 12.5. The van der Waals surface area contributed by atoms with Gasteiger partial charge in [0.05, 0.1) is 6.61 Å². The maximum absolute atomic E-state index is 12.3. The molecule has 0 bridgehead atoms. The number of hydrogen-bond donors (Lipinski definition) is 3. The number of carbonyl (C=O) groups excluding carboxylic acids is 2. The minimum absolute atomic E-state index is 0.0181. The van der Waals surface area contributed by atoms with Crippen LogP contribution in [0.4, 0.5) is 0 Å². The van der Waals surface area contributed by atoms with Gasteiger partial charge in [-0.25, -0.2) is 0 Å². The van der Waals surface area contributed by atoms with Crippen LogP contribution in [0.15, 0.2) is 24.3 Å². The summed E-state index contributed by atoms with van der Waals surface area (Å²) < 4.78 is 5.62. The van der Waals surface area contributed by atoms with Crippen molar-refractivity contribution in [3.8, 4) is 5.75 Å². The number of rotatable bonds is 5. The van der Waals surface area contributed by atoms with E-state index in [1.807, 2.05) is 0 Å². The molecule has 26 heavy (non-hydrogen) atoms. The third kappa shape index (κ3) is 6.63. The average molecular weight is 378 g/mol. The van der Waals surface area contributed by atoms with Gasteiger partial charge in [0, 0.05) is 11.5 Å². The summed E-state index contributed by atoms with van der Waals surface area (Å²) in [6.07, 6.45) is 5.14. The van der Waals surface area contributed by atoms with E-state index in [-0.39, 0.29) is 22.8 Å². The van der Waals surface area contributed by atoms with E-state index in [0.29, 0.717) is 23.8 Å². The molecule has 1 aromatic rings. The van der Waals surface area contributed by atoms with Crippen molar-refractivity contribution in [3.05, 3.63) is 29.8 Å². The van der Waals surface area contributed by atoms with Gasteiger partial charge in [0.25, 0.3) is 5.91 Å². The summed E-state index contributed by atoms with van der Waals surface area (Å²) in [5.41, 5.74) is 5.63. The number of benzene rings is 1. The number of carbonyl (C=O) groups is 2. The number of hydrogen-bond acceptors (Lipinski definition) is 4. The Hall–Kier alpha value is -2.15. The number of nitrogens with one attached hydrogen (secondary N) is 3. The van der Waals surface area contributed by atoms with Gasteiger partial charge in [0.1, 0.15) is 5.75 Å². The molecule has 0 saturated heterocycles. The van der Waals surface area contributed by atoms with Crippen LogP contribution in [-0.4, -0.2) is 23.5 Å². The first-order valence-corrected chi connectivity index (χ1v) is 9.50. The molecule has 0 spiro atoms. The summed E-state index contributed by atoms with van der Waals surface area (Å²) in [5.74, 6) is 0.618. The first-order valence-electron chi connectivity index (χ1n) is 9.09. The quantitative estimate of drug-likeness (QED) is 0.543. The third-order valence-electron chi connectivity index (χ3n) is 4.18. The summed E-state index contributed by atoms with van der Waals surface area (Å²) in [4.78, 5) is 24.4. The van der Waals surface area contributed by atoms with Crippen LogP contribution < -0.4 is 20.9 Å². The summed E-state index contributed by atoms with van der Waals surface area (Å²) in [7, 11) is 0. The normalized spacial score (nSPS) is 14.6. The molecule has 1 fully saturated rings. The van der Waals surface area contributed by atoms with Crippen molar-refractivity contribution in [1.29, 1.82) is 0 Å². The van der Waals surface area contributed by atoms with Gasteiger partial charge in [-0.15, -0.1) is 0 Å². The van der Waals surface area contributed by atoms with Gasteiger partial charge >= 0.3 is 0 Å². The third-order valence-corrected chi connectivity index (χ3v) is 4.39. The van der Waals surface area contributed by atoms with E-state index in [0.717, 1.165) is 25.7 Å². The Bertz CT molecular complexity index is 643. The first kappa shape index (κ1) is 20.2. The van der Waals surface area contributed by atoms with Crippen molar-refractivity contribution in [1.82, 2.24) is 16.2 Å². The summed E-state index contributed by atoms with van der Waals surface area (Å²) >= 11 is 5.08. The Morgan fingerprint density at radius 2 is 1.92 bits per heavy atom. The number of thiocarbonyl (C=S) groups is 1. The highest BCUT2D eigenvalue weighted by Crippen LogP contribution is 2.23. The van der Waals surface area contributed by atoms with E-state index in [4.69, 9.17) is 17.0 Å². The molecule has 2 rings (SSSR count). The standard InChI is InChI=1S/C19H27N3O3S/c1-13(2)12-25-16-10-6-9-15(11-16)17(23)20-19(26)22-21-18(24)14-7-4-3-5-8-14/h6,9-11,13-14H,3-5,7-8,12H2,1-2H3,(H,21,24)(H2,20,22,23,26). The molecule has 0 atom stereocenters. The molecule has 0 aliphatic heterocycles. The summed E-state index contributed by atoms with van der Waals surface area (Å²) in [6.45, 7) is 4.70. The fraction of sp³-hybridized carbons (Fsp3) is 0.526. The molecule has 1 aromatic carbocycles. The van der Waals surface area contributed by atoms with Gasteiger partial charge in [0.15, 0.2) is 5.11 Å². The minimum atomic E-state index is -0.357. The van der Waals surface area contributed by atoms with E-state index >= 15 is 0 Å². The lowest BCUT2D eigenvalue weighted by molar-refractivity contribution is -0.126. The van der Waals surface area contributed by atoms with Gasteiger partial charge in [0.2, 0.25) is 5.91 Å². The Morgan fingerprint density at radius 3 is 2.62 bits per heavy atom. The second-order valence-electron chi connectivity index (χ2n) is 6.97. The molecule has 0 radical (unpaired) electrons. The van der Waals surface area contributed by atoms with Crippen LogP contribution in [0.1, 0.15) is 56.3 Å². The molecule has 2 amide bonds. The van der Waals surface area contributed by atoms with Crippen LogP contribution in [0.3, 0.4) is 0 Å². The van der Waals surface area contributed by atoms with Gasteiger partial charge < -0.3 is 4.74 Å². The van der Waals surface area contributed by atoms with Crippen LogP contribution >= 0.6 is 12.2 Å². The van der Waals surface area contributed by atoms with Crippen LogP contribution in [0, 0.1) is 11.8 Å². The van der Waals surface area contributed by atoms with Gasteiger partial charge in [-0.05, 0) is 49.2 Å². The van der Waals surface area contributed by atoms with E-state index in [1.165, 1.54) is 6.42 Å². The fourth-order valence-electron chi connectivity index (χ4n) is 2.78. The van der Waals surface area contributed by atoms with E-state index < -0.39 is 0 Å². The topological polar surface area (TPSA) is 79.5 Å². The zero-order valence-corrected chi connectivity index (χ0v) is 16.2. The predicted molar refractivity (Wildman–Crippen MR) is 105 cm³/mol. The molecule has 0 unspecified atom stereocenters. The van der Waals surface area contributed by atoms with Crippen molar-refractivity contribution in [3.63, 3.8) is 0 Å². The van der Waals surface area contributed by atoms with Gasteiger partial charge in [-0.2, -0.15) is 0 Å². The fourth-order valence-corrected chi connectivity index (χ4v) is 2.93. The van der Waals surface area contributed by atoms with E-state index in [9.17, 15) is 9.59 Å². The lowest BCUT2D eigenvalue weighted by Crippen LogP contribution is -2.50. The maximum Gasteiger partial charge on any atom is 0.257 e. The summed E-state index contributed by atoms with van der Waals surface area (Å²) in [6, 6.07) is 6.91. The average Bonchev–Trinajstić information content (AvgIpc) is 2.65. The van der Waals surface area contributed by atoms with Crippen molar-refractivity contribution in [2.45, 2.75) is 46.0 Å². The molecule has 6 nitrogen and oxygen atoms in total. The van der Waals surface area contributed by atoms with E-state index in [2.05, 4.69) is 30.0 Å². The Morgan fingerprint density at radius 1 is 1.19 bits per heavy atom. The molecule has 3 N–H and O–H groups in total. The molecule has 0 aromatic heterocycles. The SMILES string of the molecule is CC(C)COc1cccc(C(=O)NC(=S)NNC(=O)C2CCCCC2)c1. The van der Waals surface area contributed by atoms with Crippen LogP contribution in [0.2, 0.25) is 0 Å². The van der Waals surface area contributed by atoms with Crippen LogP contribution in [0.25, 0.3) is 0 Å². The zero-order valence-electron chi connectivity index (χ0n) is 15.3. The predicted octanol–water partition coefficient (Wildman–Crippen LogP) is 2.94. The van der Waals surface area contributed by atoms with E-state index in [1.54, 1.807) is 24.3 Å². The molecular weight excluding hydrogens is 350 g/mol. The van der Waals surface area contributed by atoms with Gasteiger partial charge in [-0.1, -0.05) is 39.2 Å². The second kappa shape index (κ2) is 10.1. The lowest BCUT2D eigenvalue weighted by atomic mass is 9.89. The monoisotopic (exact) mass is 377 g/mol. The second-order valence-corrected chi connectivity index (χ2v) is 7.37. The van der Waals surface area contributed by atoms with Crippen molar-refractivity contribution in [2.75, 3.05) is 6.61 Å². The number of amides is 2. The van der Waals surface area contributed by atoms with Crippen LogP contribution in [0.5, 0.6) is 5.75 Å². The van der Waals surface area contributed by atoms with Gasteiger partial charge in [-0.3, -0.25) is 25.8 Å². The number of ether oxygens (including phenoxy) is 1. The molecule has 0 heterocycles. The molecule has 142 valence electrons. The molecule has 1 aliphatic carbocycles. The van der Waals surface area contributed by atoms with Crippen molar-refractivity contribution < 1.29 is 14.3 Å². The lowest BCUT2D eigenvalue weighted by Gasteiger charge is -2.21. The Labute approximate surface area is 160 Å². The maximum atomic E-state index is 12.3. The molecule has 7 heteroatoms. The highest BCUT2D eigenvalue weighted by molar-refractivity contribution is 7.80. The smallest absolute Gasteiger partial charge is 0.257 e. The Kier molecular flexibility index (Phi) is 7.84. The molecule has 1 aliphatic rings. The summed E-state index contributed by atoms with van der Waals surface area (Å²) in [5, 5.41) is 2.62. The largest absolute Gasteiger partial charge is 0.493 e. The van der Waals surface area contributed by atoms with Crippen molar-refractivity contribution in [2.24, 2.45) is 11.8 Å². The zero-order chi connectivity index (χ0) is 18.9. The number of hydrazine groups is 1. The minimum Gasteiger partial charge on any atom is -0.493 e. The van der Waals surface area contributed by atoms with Crippen molar-refractivity contribution >= 4 is 29.1 Å². The highest BCUT2D eigenvalue weighted by atomic mass is 32.1. The highest BCUT2D eigenvalue weighted by Gasteiger charge is 2.21. The van der Waals surface area contributed by atoms with Crippen LogP contribution in [-0.2, 0) is 4.79 Å². The molecular formula is C19H27N3O3S. The molecule has 1 saturated carbocycles. The Balaban J connectivity index is 1.80.